The second-order valence-electron chi connectivity index (χ2n) is 4.08. The van der Waals surface area contributed by atoms with Crippen LogP contribution in [0.2, 0.25) is 0 Å². The van der Waals surface area contributed by atoms with E-state index in [-0.39, 0.29) is 11.9 Å². The van der Waals surface area contributed by atoms with Crippen LogP contribution in [0.4, 0.5) is 0 Å². The van der Waals surface area contributed by atoms with Crippen molar-refractivity contribution in [3.05, 3.63) is 33.4 Å². The van der Waals surface area contributed by atoms with Crippen LogP contribution >= 0.6 is 22.6 Å². The zero-order valence-corrected chi connectivity index (χ0v) is 12.3. The van der Waals surface area contributed by atoms with E-state index < -0.39 is 10.8 Å². The molecule has 1 N–H and O–H groups in total. The van der Waals surface area contributed by atoms with Crippen LogP contribution in [0.1, 0.15) is 23.2 Å². The molecule has 1 heterocycles. The highest BCUT2D eigenvalue weighted by molar-refractivity contribution is 14.1. The fraction of sp³-hybridized carbons (Fsp3) is 0.417. The highest BCUT2D eigenvalue weighted by Gasteiger charge is 2.20. The van der Waals surface area contributed by atoms with Gasteiger partial charge in [-0.3, -0.25) is 9.00 Å². The van der Waals surface area contributed by atoms with E-state index in [9.17, 15) is 9.00 Å². The van der Waals surface area contributed by atoms with Gasteiger partial charge in [-0.1, -0.05) is 12.1 Å². The molecule has 0 spiro atoms. The summed E-state index contributed by atoms with van der Waals surface area (Å²) in [7, 11) is -0.677. The van der Waals surface area contributed by atoms with Gasteiger partial charge in [-0.05, 0) is 47.6 Å². The molecule has 0 radical (unpaired) electrons. The van der Waals surface area contributed by atoms with Gasteiger partial charge in [0.05, 0.1) is 5.56 Å². The lowest BCUT2D eigenvalue weighted by atomic mass is 10.1. The fourth-order valence-corrected chi connectivity index (χ4v) is 3.78. The number of amides is 1. The minimum Gasteiger partial charge on any atom is -0.349 e. The third-order valence-corrected chi connectivity index (χ3v) is 5.16. The van der Waals surface area contributed by atoms with Gasteiger partial charge in [-0.2, -0.15) is 0 Å². The second-order valence-corrected chi connectivity index (χ2v) is 6.93. The quantitative estimate of drug-likeness (QED) is 0.817. The lowest BCUT2D eigenvalue weighted by Crippen LogP contribution is -2.39. The fourth-order valence-electron chi connectivity index (χ4n) is 1.85. The van der Waals surface area contributed by atoms with Crippen LogP contribution in [0.15, 0.2) is 24.3 Å². The van der Waals surface area contributed by atoms with Crippen LogP contribution in [-0.4, -0.2) is 27.7 Å². The first-order chi connectivity index (χ1) is 8.16. The van der Waals surface area contributed by atoms with E-state index >= 15 is 0 Å². The predicted molar refractivity (Wildman–Crippen MR) is 77.5 cm³/mol. The predicted octanol–water partition coefficient (Wildman–Crippen LogP) is 1.93. The smallest absolute Gasteiger partial charge is 0.252 e. The standard InChI is InChI=1S/C12H14INO2S/c13-11-4-2-1-3-10(11)12(15)14-9-5-7-17(16)8-6-9/h1-4,9H,5-8H2,(H,14,15). The Bertz CT molecular complexity index is 440. The molecule has 0 aromatic heterocycles. The summed E-state index contributed by atoms with van der Waals surface area (Å²) in [6, 6.07) is 7.72. The summed E-state index contributed by atoms with van der Waals surface area (Å²) in [6.07, 6.45) is 1.64. The van der Waals surface area contributed by atoms with Gasteiger partial charge in [-0.25, -0.2) is 0 Å². The van der Waals surface area contributed by atoms with Gasteiger partial charge >= 0.3 is 0 Å². The Morgan fingerprint density at radius 3 is 2.59 bits per heavy atom. The molecule has 0 unspecified atom stereocenters. The summed E-state index contributed by atoms with van der Waals surface area (Å²) in [6.45, 7) is 0. The maximum absolute atomic E-state index is 12.0. The number of nitrogens with one attached hydrogen (secondary N) is 1. The minimum absolute atomic E-state index is 0.0207. The van der Waals surface area contributed by atoms with Crippen LogP contribution in [0.25, 0.3) is 0 Å². The SMILES string of the molecule is O=C(NC1CCS(=O)CC1)c1ccccc1I. The molecular weight excluding hydrogens is 349 g/mol. The second kappa shape index (κ2) is 5.95. The lowest BCUT2D eigenvalue weighted by Gasteiger charge is -2.22. The maximum atomic E-state index is 12.0. The highest BCUT2D eigenvalue weighted by Crippen LogP contribution is 2.14. The lowest BCUT2D eigenvalue weighted by molar-refractivity contribution is 0.0933. The molecule has 3 nitrogen and oxygen atoms in total. The van der Waals surface area contributed by atoms with Crippen molar-refractivity contribution in [3.8, 4) is 0 Å². The molecule has 0 saturated carbocycles. The molecule has 1 aromatic rings. The van der Waals surface area contributed by atoms with Crippen LogP contribution in [0.3, 0.4) is 0 Å². The summed E-state index contributed by atoms with van der Waals surface area (Å²) >= 11 is 2.16. The topological polar surface area (TPSA) is 46.2 Å². The van der Waals surface area contributed by atoms with Crippen LogP contribution < -0.4 is 5.32 Å². The first kappa shape index (κ1) is 13.0. The summed E-state index contributed by atoms with van der Waals surface area (Å²) in [5, 5.41) is 3.02. The molecule has 1 fully saturated rings. The van der Waals surface area contributed by atoms with Gasteiger partial charge in [-0.15, -0.1) is 0 Å². The van der Waals surface area contributed by atoms with E-state index in [0.29, 0.717) is 11.5 Å². The number of carbonyl (C=O) groups excluding carboxylic acids is 1. The molecule has 1 aliphatic heterocycles. The molecule has 1 aromatic carbocycles. The van der Waals surface area contributed by atoms with E-state index in [4.69, 9.17) is 0 Å². The molecule has 5 heteroatoms. The Morgan fingerprint density at radius 2 is 1.94 bits per heavy atom. The Morgan fingerprint density at radius 1 is 1.29 bits per heavy atom. The first-order valence-corrected chi connectivity index (χ1v) is 8.14. The Hall–Kier alpha value is -0.430. The van der Waals surface area contributed by atoms with Crippen LogP contribution in [0.5, 0.6) is 0 Å². The summed E-state index contributed by atoms with van der Waals surface area (Å²) in [4.78, 5) is 12.0. The Labute approximate surface area is 117 Å². The summed E-state index contributed by atoms with van der Waals surface area (Å²) < 4.78 is 12.2. The van der Waals surface area contributed by atoms with Crippen molar-refractivity contribution >= 4 is 39.3 Å². The molecular formula is C12H14INO2S. The molecule has 17 heavy (non-hydrogen) atoms. The minimum atomic E-state index is -0.677. The Balaban J connectivity index is 1.98. The van der Waals surface area contributed by atoms with Crippen molar-refractivity contribution in [2.45, 2.75) is 18.9 Å². The molecule has 0 bridgehead atoms. The van der Waals surface area contributed by atoms with Gasteiger partial charge in [0.2, 0.25) is 0 Å². The highest BCUT2D eigenvalue weighted by atomic mass is 127. The van der Waals surface area contributed by atoms with Gasteiger partial charge in [0.1, 0.15) is 0 Å². The number of carbonyl (C=O) groups is 1. The average Bonchev–Trinajstić information content (AvgIpc) is 2.32. The van der Waals surface area contributed by atoms with Gasteiger partial charge in [0, 0.05) is 31.9 Å². The van der Waals surface area contributed by atoms with E-state index in [0.717, 1.165) is 22.0 Å². The molecule has 1 aliphatic rings. The zero-order valence-electron chi connectivity index (χ0n) is 9.32. The molecule has 92 valence electrons. The van der Waals surface area contributed by atoms with Crippen molar-refractivity contribution in [3.63, 3.8) is 0 Å². The van der Waals surface area contributed by atoms with Gasteiger partial charge < -0.3 is 5.32 Å². The number of rotatable bonds is 2. The van der Waals surface area contributed by atoms with Crippen molar-refractivity contribution in [2.24, 2.45) is 0 Å². The number of halogens is 1. The number of benzene rings is 1. The van der Waals surface area contributed by atoms with Crippen LogP contribution in [-0.2, 0) is 10.8 Å². The van der Waals surface area contributed by atoms with Crippen molar-refractivity contribution < 1.29 is 9.00 Å². The molecule has 2 rings (SSSR count). The molecule has 1 amide bonds. The zero-order chi connectivity index (χ0) is 12.3. The third kappa shape index (κ3) is 3.51. The van der Waals surface area contributed by atoms with Gasteiger partial charge in [0.25, 0.3) is 5.91 Å². The van der Waals surface area contributed by atoms with E-state index in [1.807, 2.05) is 24.3 Å². The van der Waals surface area contributed by atoms with Crippen molar-refractivity contribution in [2.75, 3.05) is 11.5 Å². The maximum Gasteiger partial charge on any atom is 0.252 e. The average molecular weight is 363 g/mol. The van der Waals surface area contributed by atoms with Crippen molar-refractivity contribution in [1.29, 1.82) is 0 Å². The Kier molecular flexibility index (Phi) is 4.55. The van der Waals surface area contributed by atoms with E-state index in [2.05, 4.69) is 27.9 Å². The summed E-state index contributed by atoms with van der Waals surface area (Å²) in [5.74, 6) is 1.39. The van der Waals surface area contributed by atoms with E-state index in [1.54, 1.807) is 0 Å². The summed E-state index contributed by atoms with van der Waals surface area (Å²) in [5.41, 5.74) is 0.722. The van der Waals surface area contributed by atoms with Gasteiger partial charge in [0.15, 0.2) is 0 Å². The number of hydrogen-bond acceptors (Lipinski definition) is 2. The molecule has 0 atom stereocenters. The molecule has 1 saturated heterocycles. The monoisotopic (exact) mass is 363 g/mol. The largest absolute Gasteiger partial charge is 0.349 e. The van der Waals surface area contributed by atoms with Crippen molar-refractivity contribution in [1.82, 2.24) is 5.32 Å². The third-order valence-electron chi connectivity index (χ3n) is 2.84. The first-order valence-electron chi connectivity index (χ1n) is 5.57. The van der Waals surface area contributed by atoms with E-state index in [1.165, 1.54) is 0 Å². The number of hydrogen-bond donors (Lipinski definition) is 1. The molecule has 0 aliphatic carbocycles. The van der Waals surface area contributed by atoms with Crippen LogP contribution in [0, 0.1) is 3.57 Å². The normalized spacial score (nSPS) is 24.3.